The van der Waals surface area contributed by atoms with E-state index in [1.807, 2.05) is 48.5 Å². The first-order chi connectivity index (χ1) is 9.22. The van der Waals surface area contributed by atoms with E-state index in [-0.39, 0.29) is 12.2 Å². The third-order valence-corrected chi connectivity index (χ3v) is 3.70. The second-order valence-corrected chi connectivity index (χ2v) is 5.38. The Labute approximate surface area is 121 Å². The van der Waals surface area contributed by atoms with Gasteiger partial charge in [0.2, 0.25) is 0 Å². The van der Waals surface area contributed by atoms with Gasteiger partial charge in [-0.3, -0.25) is 0 Å². The summed E-state index contributed by atoms with van der Waals surface area (Å²) in [5.74, 6) is 0. The van der Waals surface area contributed by atoms with E-state index in [1.165, 1.54) is 0 Å². The predicted octanol–water partition coefficient (Wildman–Crippen LogP) is 5.13. The van der Waals surface area contributed by atoms with Crippen LogP contribution < -0.4 is 0 Å². The Bertz CT molecular complexity index is 500. The van der Waals surface area contributed by atoms with Crippen molar-refractivity contribution in [3.63, 3.8) is 0 Å². The Balaban J connectivity index is 1.73. The van der Waals surface area contributed by atoms with Crippen LogP contribution in [0, 0.1) is 0 Å². The van der Waals surface area contributed by atoms with Crippen molar-refractivity contribution in [2.45, 2.75) is 18.6 Å². The lowest BCUT2D eigenvalue weighted by Crippen LogP contribution is -1.96. The fourth-order valence-electron chi connectivity index (χ4n) is 2.15. The Morgan fingerprint density at radius 3 is 1.42 bits per heavy atom. The van der Waals surface area contributed by atoms with E-state index in [0.29, 0.717) is 0 Å². The Hall–Kier alpha value is -1.06. The number of benzene rings is 2. The molecule has 19 heavy (non-hydrogen) atoms. The first-order valence-electron chi connectivity index (χ1n) is 6.05. The molecule has 2 nitrogen and oxygen atoms in total. The van der Waals surface area contributed by atoms with Crippen LogP contribution in [0.15, 0.2) is 48.5 Å². The van der Waals surface area contributed by atoms with Gasteiger partial charge < -0.3 is 0 Å². The molecule has 1 fully saturated rings. The number of rotatable bonds is 2. The van der Waals surface area contributed by atoms with Gasteiger partial charge in [-0.05, 0) is 35.4 Å². The molecule has 2 atom stereocenters. The maximum Gasteiger partial charge on any atom is 0.121 e. The molecule has 4 heteroatoms. The molecule has 0 unspecified atom stereocenters. The van der Waals surface area contributed by atoms with Crippen molar-refractivity contribution in [1.29, 1.82) is 0 Å². The smallest absolute Gasteiger partial charge is 0.121 e. The van der Waals surface area contributed by atoms with Crippen molar-refractivity contribution < 1.29 is 9.78 Å². The monoisotopic (exact) mass is 294 g/mol. The van der Waals surface area contributed by atoms with Crippen molar-refractivity contribution in [2.75, 3.05) is 0 Å². The van der Waals surface area contributed by atoms with Gasteiger partial charge >= 0.3 is 0 Å². The van der Waals surface area contributed by atoms with Crippen LogP contribution in [-0.2, 0) is 9.78 Å². The lowest BCUT2D eigenvalue weighted by molar-refractivity contribution is -0.300. The van der Waals surface area contributed by atoms with E-state index in [0.717, 1.165) is 27.6 Å². The van der Waals surface area contributed by atoms with E-state index in [2.05, 4.69) is 0 Å². The normalized spacial score (nSPS) is 22.6. The van der Waals surface area contributed by atoms with E-state index in [1.54, 1.807) is 0 Å². The van der Waals surface area contributed by atoms with Crippen molar-refractivity contribution in [3.05, 3.63) is 69.7 Å². The standard InChI is InChI=1S/C15H12Cl2O2/c16-12-5-1-10(2-6-12)14-9-15(19-18-14)11-3-7-13(17)8-4-11/h1-8,14-15H,9H2/t14-,15-/m1/s1. The zero-order chi connectivity index (χ0) is 13.2. The zero-order valence-corrected chi connectivity index (χ0v) is 11.6. The highest BCUT2D eigenvalue weighted by Gasteiger charge is 2.29. The summed E-state index contributed by atoms with van der Waals surface area (Å²) in [6.07, 6.45) is 0.666. The Morgan fingerprint density at radius 2 is 1.05 bits per heavy atom. The average Bonchev–Trinajstić information content (AvgIpc) is 2.90. The highest BCUT2D eigenvalue weighted by atomic mass is 35.5. The van der Waals surface area contributed by atoms with Gasteiger partial charge in [0.1, 0.15) is 12.2 Å². The summed E-state index contributed by atoms with van der Waals surface area (Å²) < 4.78 is 0. The molecule has 1 saturated heterocycles. The molecular formula is C15H12Cl2O2. The van der Waals surface area contributed by atoms with Crippen LogP contribution in [-0.4, -0.2) is 0 Å². The molecule has 0 aliphatic carbocycles. The van der Waals surface area contributed by atoms with E-state index < -0.39 is 0 Å². The summed E-state index contributed by atoms with van der Waals surface area (Å²) in [6.45, 7) is 0. The molecule has 1 aliphatic rings. The molecule has 3 rings (SSSR count). The molecule has 1 aliphatic heterocycles. The van der Waals surface area contributed by atoms with Crippen LogP contribution in [0.4, 0.5) is 0 Å². The van der Waals surface area contributed by atoms with Gasteiger partial charge in [-0.2, -0.15) is 0 Å². The van der Waals surface area contributed by atoms with Gasteiger partial charge in [0.15, 0.2) is 0 Å². The van der Waals surface area contributed by atoms with Gasteiger partial charge in [-0.25, -0.2) is 9.78 Å². The second kappa shape index (κ2) is 5.51. The first kappa shape index (κ1) is 12.9. The van der Waals surface area contributed by atoms with Crippen LogP contribution in [0.3, 0.4) is 0 Å². The van der Waals surface area contributed by atoms with Gasteiger partial charge in [-0.1, -0.05) is 47.5 Å². The topological polar surface area (TPSA) is 18.5 Å². The van der Waals surface area contributed by atoms with Crippen molar-refractivity contribution in [1.82, 2.24) is 0 Å². The summed E-state index contributed by atoms with van der Waals surface area (Å²) in [6, 6.07) is 15.3. The zero-order valence-electron chi connectivity index (χ0n) is 10.1. The largest absolute Gasteiger partial charge is 0.228 e. The van der Waals surface area contributed by atoms with Crippen molar-refractivity contribution in [2.24, 2.45) is 0 Å². The molecular weight excluding hydrogens is 283 g/mol. The van der Waals surface area contributed by atoms with E-state index >= 15 is 0 Å². The minimum Gasteiger partial charge on any atom is -0.228 e. The minimum absolute atomic E-state index is 0.0575. The van der Waals surface area contributed by atoms with Gasteiger partial charge in [0.25, 0.3) is 0 Å². The third kappa shape index (κ3) is 2.93. The van der Waals surface area contributed by atoms with E-state index in [9.17, 15) is 0 Å². The highest BCUT2D eigenvalue weighted by molar-refractivity contribution is 6.30. The molecule has 0 amide bonds. The molecule has 0 saturated carbocycles. The van der Waals surface area contributed by atoms with Crippen LogP contribution in [0.25, 0.3) is 0 Å². The maximum absolute atomic E-state index is 5.87. The number of halogens is 2. The Kier molecular flexibility index (Phi) is 3.76. The summed E-state index contributed by atoms with van der Waals surface area (Å²) in [7, 11) is 0. The molecule has 0 radical (unpaired) electrons. The maximum atomic E-state index is 5.87. The molecule has 0 aromatic heterocycles. The fourth-order valence-corrected chi connectivity index (χ4v) is 2.40. The lowest BCUT2D eigenvalue weighted by Gasteiger charge is -2.07. The predicted molar refractivity (Wildman–Crippen MR) is 75.2 cm³/mol. The van der Waals surface area contributed by atoms with Gasteiger partial charge in [0.05, 0.1) is 0 Å². The average molecular weight is 295 g/mol. The SMILES string of the molecule is Clc1ccc([C@H]2C[C@H](c3ccc(Cl)cc3)OO2)cc1. The lowest BCUT2D eigenvalue weighted by atomic mass is 10.00. The van der Waals surface area contributed by atoms with Crippen molar-refractivity contribution in [3.8, 4) is 0 Å². The quantitative estimate of drug-likeness (QED) is 0.715. The molecule has 98 valence electrons. The van der Waals surface area contributed by atoms with Crippen LogP contribution in [0.2, 0.25) is 10.0 Å². The van der Waals surface area contributed by atoms with Crippen molar-refractivity contribution >= 4 is 23.2 Å². The molecule has 2 aromatic rings. The number of hydrogen-bond donors (Lipinski definition) is 0. The Morgan fingerprint density at radius 1 is 0.684 bits per heavy atom. The highest BCUT2D eigenvalue weighted by Crippen LogP contribution is 2.39. The summed E-state index contributed by atoms with van der Waals surface area (Å²) in [5.41, 5.74) is 2.14. The summed E-state index contributed by atoms with van der Waals surface area (Å²) >= 11 is 11.7. The molecule has 1 heterocycles. The molecule has 0 N–H and O–H groups in total. The third-order valence-electron chi connectivity index (χ3n) is 3.20. The molecule has 2 aromatic carbocycles. The summed E-state index contributed by atoms with van der Waals surface area (Å²) in [5, 5.41) is 1.44. The second-order valence-electron chi connectivity index (χ2n) is 4.51. The van der Waals surface area contributed by atoms with Crippen LogP contribution >= 0.6 is 23.2 Å². The molecule has 0 bridgehead atoms. The molecule has 0 spiro atoms. The van der Waals surface area contributed by atoms with Crippen LogP contribution in [0.5, 0.6) is 0 Å². The van der Waals surface area contributed by atoms with Gasteiger partial charge in [-0.15, -0.1) is 0 Å². The fraction of sp³-hybridized carbons (Fsp3) is 0.200. The van der Waals surface area contributed by atoms with E-state index in [4.69, 9.17) is 33.0 Å². The number of hydrogen-bond acceptors (Lipinski definition) is 2. The van der Waals surface area contributed by atoms with Gasteiger partial charge in [0, 0.05) is 16.5 Å². The summed E-state index contributed by atoms with van der Waals surface area (Å²) in [4.78, 5) is 10.8. The minimum atomic E-state index is -0.0575. The van der Waals surface area contributed by atoms with Crippen LogP contribution in [0.1, 0.15) is 29.8 Å². The first-order valence-corrected chi connectivity index (χ1v) is 6.81.